The third kappa shape index (κ3) is 4.31. The van der Waals surface area contributed by atoms with Crippen LogP contribution in [0.15, 0.2) is 12.3 Å². The van der Waals surface area contributed by atoms with Gasteiger partial charge >= 0.3 is 0 Å². The van der Waals surface area contributed by atoms with E-state index in [1.54, 1.807) is 4.57 Å². The number of aliphatic hydroxyl groups excluding tert-OH is 1. The second-order valence-electron chi connectivity index (χ2n) is 6.06. The van der Waals surface area contributed by atoms with Crippen LogP contribution in [0.5, 0.6) is 0 Å². The molecule has 0 bridgehead atoms. The summed E-state index contributed by atoms with van der Waals surface area (Å²) in [6.07, 6.45) is 1.66. The number of hydrogen-bond acceptors (Lipinski definition) is 5. The SMILES string of the molecule is CN(C)S(=O)(=O)N[C@@H]1CCN(Cc2cc(C#N)n(C)c2)C[C@H]1O. The monoisotopic (exact) mass is 341 g/mol. The molecule has 2 atom stereocenters. The smallest absolute Gasteiger partial charge is 0.279 e. The molecule has 8 nitrogen and oxygen atoms in total. The second kappa shape index (κ2) is 6.98. The van der Waals surface area contributed by atoms with Crippen LogP contribution in [0.4, 0.5) is 0 Å². The fraction of sp³-hybridized carbons (Fsp3) is 0.643. The van der Waals surface area contributed by atoms with Crippen molar-refractivity contribution < 1.29 is 13.5 Å². The van der Waals surface area contributed by atoms with Crippen molar-refractivity contribution in [1.82, 2.24) is 18.5 Å². The van der Waals surface area contributed by atoms with E-state index in [2.05, 4.69) is 15.7 Å². The van der Waals surface area contributed by atoms with Gasteiger partial charge in [0.05, 0.1) is 12.1 Å². The van der Waals surface area contributed by atoms with E-state index in [0.717, 1.165) is 9.87 Å². The average molecular weight is 341 g/mol. The summed E-state index contributed by atoms with van der Waals surface area (Å²) in [5.74, 6) is 0. The van der Waals surface area contributed by atoms with Gasteiger partial charge in [-0.3, -0.25) is 4.90 Å². The molecule has 1 aliphatic heterocycles. The molecule has 1 fully saturated rings. The van der Waals surface area contributed by atoms with Crippen molar-refractivity contribution in [2.24, 2.45) is 7.05 Å². The molecule has 128 valence electrons. The maximum Gasteiger partial charge on any atom is 0.279 e. The highest BCUT2D eigenvalue weighted by Gasteiger charge is 2.31. The highest BCUT2D eigenvalue weighted by molar-refractivity contribution is 7.87. The maximum atomic E-state index is 11.8. The van der Waals surface area contributed by atoms with Crippen molar-refractivity contribution in [1.29, 1.82) is 5.26 Å². The lowest BCUT2D eigenvalue weighted by Gasteiger charge is -2.36. The topological polar surface area (TPSA) is 102 Å². The van der Waals surface area contributed by atoms with Gasteiger partial charge in [-0.25, -0.2) is 0 Å². The molecule has 0 radical (unpaired) electrons. The van der Waals surface area contributed by atoms with Gasteiger partial charge in [0.2, 0.25) is 0 Å². The van der Waals surface area contributed by atoms with E-state index in [-0.39, 0.29) is 0 Å². The first kappa shape index (κ1) is 17.9. The van der Waals surface area contributed by atoms with Gasteiger partial charge in [-0.1, -0.05) is 0 Å². The van der Waals surface area contributed by atoms with Crippen molar-refractivity contribution in [3.8, 4) is 6.07 Å². The van der Waals surface area contributed by atoms with Gasteiger partial charge in [-0.05, 0) is 18.1 Å². The van der Waals surface area contributed by atoms with Crippen LogP contribution in [0.1, 0.15) is 17.7 Å². The summed E-state index contributed by atoms with van der Waals surface area (Å²) in [4.78, 5) is 2.06. The Kier molecular flexibility index (Phi) is 5.44. The predicted octanol–water partition coefficient (Wildman–Crippen LogP) is -0.772. The van der Waals surface area contributed by atoms with Gasteiger partial charge in [0.1, 0.15) is 11.8 Å². The molecule has 9 heteroatoms. The minimum Gasteiger partial charge on any atom is -0.390 e. The summed E-state index contributed by atoms with van der Waals surface area (Å²) in [5, 5.41) is 19.2. The molecular formula is C14H23N5O3S. The number of aromatic nitrogens is 1. The number of nitriles is 1. The zero-order valence-electron chi connectivity index (χ0n) is 13.6. The van der Waals surface area contributed by atoms with Crippen LogP contribution in [0.3, 0.4) is 0 Å². The number of aryl methyl sites for hydroxylation is 1. The van der Waals surface area contributed by atoms with Crippen molar-refractivity contribution in [3.05, 3.63) is 23.5 Å². The fourth-order valence-corrected chi connectivity index (χ4v) is 3.53. The normalized spacial score (nSPS) is 23.1. The summed E-state index contributed by atoms with van der Waals surface area (Å²) < 4.78 is 29.1. The molecule has 1 aromatic rings. The number of nitrogens with one attached hydrogen (secondary N) is 1. The molecule has 1 aliphatic rings. The van der Waals surface area contributed by atoms with Crippen LogP contribution < -0.4 is 4.72 Å². The summed E-state index contributed by atoms with van der Waals surface area (Å²) in [6, 6.07) is 3.46. The number of aliphatic hydroxyl groups is 1. The van der Waals surface area contributed by atoms with Gasteiger partial charge < -0.3 is 9.67 Å². The second-order valence-corrected chi connectivity index (χ2v) is 7.98. The maximum absolute atomic E-state index is 11.8. The summed E-state index contributed by atoms with van der Waals surface area (Å²) in [6.45, 7) is 1.69. The molecule has 0 saturated carbocycles. The first-order valence-corrected chi connectivity index (χ1v) is 8.82. The lowest BCUT2D eigenvalue weighted by atomic mass is 10.0. The molecule has 2 N–H and O–H groups in total. The number of likely N-dealkylation sites (tertiary alicyclic amines) is 1. The van der Waals surface area contributed by atoms with Crippen LogP contribution in [0.25, 0.3) is 0 Å². The zero-order valence-corrected chi connectivity index (χ0v) is 14.4. The molecule has 2 heterocycles. The Labute approximate surface area is 137 Å². The van der Waals surface area contributed by atoms with E-state index < -0.39 is 22.4 Å². The van der Waals surface area contributed by atoms with Gasteiger partial charge in [0.25, 0.3) is 10.2 Å². The minimum atomic E-state index is -3.55. The predicted molar refractivity (Wildman–Crippen MR) is 85.6 cm³/mol. The van der Waals surface area contributed by atoms with Crippen molar-refractivity contribution in [3.63, 3.8) is 0 Å². The van der Waals surface area contributed by atoms with E-state index in [1.807, 2.05) is 19.3 Å². The van der Waals surface area contributed by atoms with Crippen LogP contribution in [0, 0.1) is 11.3 Å². The van der Waals surface area contributed by atoms with E-state index in [0.29, 0.717) is 31.7 Å². The summed E-state index contributed by atoms with van der Waals surface area (Å²) in [5.41, 5.74) is 1.60. The molecule has 0 amide bonds. The molecule has 23 heavy (non-hydrogen) atoms. The first-order valence-electron chi connectivity index (χ1n) is 7.38. The minimum absolute atomic E-state index is 0.386. The Hall–Kier alpha value is -1.44. The molecule has 0 unspecified atom stereocenters. The molecule has 0 aromatic carbocycles. The lowest BCUT2D eigenvalue weighted by Crippen LogP contribution is -2.55. The Morgan fingerprint density at radius 1 is 1.52 bits per heavy atom. The quantitative estimate of drug-likeness (QED) is 0.732. The molecular weight excluding hydrogens is 318 g/mol. The molecule has 2 rings (SSSR count). The van der Waals surface area contributed by atoms with Gasteiger partial charge in [-0.15, -0.1) is 0 Å². The first-order chi connectivity index (χ1) is 10.7. The molecule has 1 aromatic heterocycles. The molecule has 0 spiro atoms. The third-order valence-electron chi connectivity index (χ3n) is 4.03. The number of β-amino-alcohol motifs (C(OH)–C–C–N with tert-alkyl or cyclic N) is 1. The Balaban J connectivity index is 1.94. The van der Waals surface area contributed by atoms with Gasteiger partial charge in [-0.2, -0.15) is 22.7 Å². The standard InChI is InChI=1S/C14H23N5O3S/c1-17(2)23(21,22)16-13-4-5-19(10-14(13)20)9-11-6-12(7-15)18(3)8-11/h6,8,13-14,16,20H,4-5,9-10H2,1-3H3/t13-,14-/m1/s1. The van der Waals surface area contributed by atoms with Gasteiger partial charge in [0.15, 0.2) is 0 Å². The Bertz CT molecular complexity index is 692. The van der Waals surface area contributed by atoms with Crippen molar-refractivity contribution in [2.75, 3.05) is 27.2 Å². The summed E-state index contributed by atoms with van der Waals surface area (Å²) >= 11 is 0. The van der Waals surface area contributed by atoms with Crippen molar-refractivity contribution >= 4 is 10.2 Å². The zero-order chi connectivity index (χ0) is 17.2. The highest BCUT2D eigenvalue weighted by atomic mass is 32.2. The Morgan fingerprint density at radius 2 is 2.22 bits per heavy atom. The number of rotatable bonds is 5. The van der Waals surface area contributed by atoms with E-state index >= 15 is 0 Å². The van der Waals surface area contributed by atoms with Crippen LogP contribution >= 0.6 is 0 Å². The lowest BCUT2D eigenvalue weighted by molar-refractivity contribution is 0.0441. The van der Waals surface area contributed by atoms with Crippen LogP contribution in [-0.2, 0) is 23.8 Å². The molecule has 0 aliphatic carbocycles. The van der Waals surface area contributed by atoms with E-state index in [1.165, 1.54) is 14.1 Å². The highest BCUT2D eigenvalue weighted by Crippen LogP contribution is 2.16. The average Bonchev–Trinajstić information content (AvgIpc) is 2.81. The fourth-order valence-electron chi connectivity index (χ4n) is 2.66. The number of hydrogen-bond donors (Lipinski definition) is 2. The van der Waals surface area contributed by atoms with E-state index in [9.17, 15) is 13.5 Å². The largest absolute Gasteiger partial charge is 0.390 e. The third-order valence-corrected chi connectivity index (χ3v) is 5.59. The van der Waals surface area contributed by atoms with Gasteiger partial charge in [0, 0.05) is 47.0 Å². The number of nitrogens with zero attached hydrogens (tertiary/aromatic N) is 4. The Morgan fingerprint density at radius 3 is 2.74 bits per heavy atom. The van der Waals surface area contributed by atoms with E-state index in [4.69, 9.17) is 5.26 Å². The number of piperidine rings is 1. The van der Waals surface area contributed by atoms with Crippen LogP contribution in [0.2, 0.25) is 0 Å². The molecule has 1 saturated heterocycles. The summed E-state index contributed by atoms with van der Waals surface area (Å²) in [7, 11) is 1.17. The van der Waals surface area contributed by atoms with Crippen molar-refractivity contribution in [2.45, 2.75) is 25.1 Å². The van der Waals surface area contributed by atoms with Crippen LogP contribution in [-0.4, -0.2) is 66.6 Å².